The quantitative estimate of drug-likeness (QED) is 0.802. The van der Waals surface area contributed by atoms with E-state index in [0.29, 0.717) is 17.3 Å². The summed E-state index contributed by atoms with van der Waals surface area (Å²) < 4.78 is 5.17. The van der Waals surface area contributed by atoms with Gasteiger partial charge in [0.2, 0.25) is 0 Å². The van der Waals surface area contributed by atoms with E-state index in [4.69, 9.17) is 16.1 Å². The fourth-order valence-corrected chi connectivity index (χ4v) is 1.88. The molecular weight excluding hydrogens is 278 g/mol. The molecule has 0 radical (unpaired) electrons. The summed E-state index contributed by atoms with van der Waals surface area (Å²) in [6, 6.07) is 8.80. The zero-order chi connectivity index (χ0) is 14.4. The molecule has 1 amide bonds. The number of hydrogen-bond acceptors (Lipinski definition) is 4. The maximum Gasteiger partial charge on any atom is 0.273 e. The number of hydrogen-bond donors (Lipinski definition) is 2. The molecule has 0 unspecified atom stereocenters. The van der Waals surface area contributed by atoms with Crippen LogP contribution in [0.3, 0.4) is 0 Å². The number of benzene rings is 1. The molecule has 0 bridgehead atoms. The summed E-state index contributed by atoms with van der Waals surface area (Å²) in [6.45, 7) is 4.16. The van der Waals surface area contributed by atoms with Crippen LogP contribution in [0.1, 0.15) is 17.4 Å². The monoisotopic (exact) mass is 293 g/mol. The second kappa shape index (κ2) is 7.07. The summed E-state index contributed by atoms with van der Waals surface area (Å²) in [5, 5.41) is 10.3. The molecule has 0 aliphatic rings. The Morgan fingerprint density at radius 1 is 1.35 bits per heavy atom. The number of carbonyl (C=O) groups is 1. The maximum atomic E-state index is 11.8. The third kappa shape index (κ3) is 3.82. The molecule has 0 fully saturated rings. The molecule has 0 aliphatic heterocycles. The first-order valence-corrected chi connectivity index (χ1v) is 6.80. The van der Waals surface area contributed by atoms with E-state index in [1.807, 2.05) is 19.1 Å². The number of rotatable bonds is 6. The van der Waals surface area contributed by atoms with Gasteiger partial charge in [0.15, 0.2) is 11.5 Å². The summed E-state index contributed by atoms with van der Waals surface area (Å²) in [5.41, 5.74) is 1.05. The molecule has 1 aromatic carbocycles. The van der Waals surface area contributed by atoms with Gasteiger partial charge in [-0.15, -0.1) is 0 Å². The molecule has 1 heterocycles. The lowest BCUT2D eigenvalue weighted by molar-refractivity contribution is 0.0945. The summed E-state index contributed by atoms with van der Waals surface area (Å²) in [4.78, 5) is 11.8. The predicted octanol–water partition coefficient (Wildman–Crippen LogP) is 2.33. The molecule has 0 atom stereocenters. The summed E-state index contributed by atoms with van der Waals surface area (Å²) in [7, 11) is 0. The third-order valence-electron chi connectivity index (χ3n) is 2.69. The molecule has 5 nitrogen and oxygen atoms in total. The topological polar surface area (TPSA) is 67.2 Å². The van der Waals surface area contributed by atoms with Crippen molar-refractivity contribution in [2.24, 2.45) is 0 Å². The maximum absolute atomic E-state index is 11.8. The average Bonchev–Trinajstić information content (AvgIpc) is 2.93. The fraction of sp³-hybridized carbons (Fsp3) is 0.286. The van der Waals surface area contributed by atoms with E-state index < -0.39 is 0 Å². The second-order valence-corrected chi connectivity index (χ2v) is 4.63. The van der Waals surface area contributed by atoms with E-state index in [9.17, 15) is 4.79 Å². The van der Waals surface area contributed by atoms with Gasteiger partial charge >= 0.3 is 0 Å². The van der Waals surface area contributed by atoms with Crippen molar-refractivity contribution in [1.82, 2.24) is 15.8 Å². The van der Waals surface area contributed by atoms with Crippen molar-refractivity contribution in [2.75, 3.05) is 19.6 Å². The first-order valence-electron chi connectivity index (χ1n) is 6.42. The van der Waals surface area contributed by atoms with E-state index in [1.54, 1.807) is 18.2 Å². The smallest absolute Gasteiger partial charge is 0.273 e. The van der Waals surface area contributed by atoms with Crippen molar-refractivity contribution >= 4 is 17.5 Å². The second-order valence-electron chi connectivity index (χ2n) is 4.20. The van der Waals surface area contributed by atoms with Gasteiger partial charge in [-0.1, -0.05) is 35.8 Å². The lowest BCUT2D eigenvalue weighted by Crippen LogP contribution is -2.31. The summed E-state index contributed by atoms with van der Waals surface area (Å²) in [6.07, 6.45) is 0. The van der Waals surface area contributed by atoms with Crippen LogP contribution in [0.2, 0.25) is 5.02 Å². The molecule has 106 valence electrons. The number of nitrogens with one attached hydrogen (secondary N) is 2. The predicted molar refractivity (Wildman–Crippen MR) is 77.8 cm³/mol. The lowest BCUT2D eigenvalue weighted by atomic mass is 10.1. The van der Waals surface area contributed by atoms with Crippen molar-refractivity contribution in [3.8, 4) is 11.3 Å². The SMILES string of the molecule is CCNCCNC(=O)c1cc(-c2cccc(Cl)c2)on1. The van der Waals surface area contributed by atoms with Gasteiger partial charge in [0.25, 0.3) is 5.91 Å². The van der Waals surface area contributed by atoms with Gasteiger partial charge in [-0.25, -0.2) is 0 Å². The Morgan fingerprint density at radius 2 is 2.20 bits per heavy atom. The minimum absolute atomic E-state index is 0.250. The Balaban J connectivity index is 2.00. The molecule has 0 saturated carbocycles. The van der Waals surface area contributed by atoms with Crippen molar-refractivity contribution < 1.29 is 9.32 Å². The minimum Gasteiger partial charge on any atom is -0.355 e. The largest absolute Gasteiger partial charge is 0.355 e. The van der Waals surface area contributed by atoms with Crippen LogP contribution < -0.4 is 10.6 Å². The Labute approximate surface area is 122 Å². The van der Waals surface area contributed by atoms with Crippen LogP contribution in [0.15, 0.2) is 34.9 Å². The van der Waals surface area contributed by atoms with Crippen molar-refractivity contribution in [3.63, 3.8) is 0 Å². The first-order chi connectivity index (χ1) is 9.70. The summed E-state index contributed by atoms with van der Waals surface area (Å²) in [5.74, 6) is 0.268. The normalized spacial score (nSPS) is 10.5. The zero-order valence-corrected chi connectivity index (χ0v) is 11.9. The van der Waals surface area contributed by atoms with Gasteiger partial charge < -0.3 is 15.2 Å². The van der Waals surface area contributed by atoms with Gasteiger partial charge in [0.05, 0.1) is 0 Å². The molecule has 0 aliphatic carbocycles. The van der Waals surface area contributed by atoms with E-state index in [1.165, 1.54) is 0 Å². The zero-order valence-electron chi connectivity index (χ0n) is 11.1. The first kappa shape index (κ1) is 14.6. The van der Waals surface area contributed by atoms with Crippen LogP contribution in [0.5, 0.6) is 0 Å². The highest BCUT2D eigenvalue weighted by molar-refractivity contribution is 6.30. The Bertz CT molecular complexity index is 583. The number of likely N-dealkylation sites (N-methyl/N-ethyl adjacent to an activating group) is 1. The van der Waals surface area contributed by atoms with Crippen LogP contribution in [-0.4, -0.2) is 30.7 Å². The molecule has 6 heteroatoms. The molecule has 20 heavy (non-hydrogen) atoms. The van der Waals surface area contributed by atoms with E-state index in [2.05, 4.69) is 15.8 Å². The molecule has 2 aromatic rings. The highest BCUT2D eigenvalue weighted by Crippen LogP contribution is 2.23. The summed E-state index contributed by atoms with van der Waals surface area (Å²) >= 11 is 5.91. The minimum atomic E-state index is -0.250. The molecule has 2 N–H and O–H groups in total. The molecule has 0 saturated heterocycles. The molecule has 1 aromatic heterocycles. The van der Waals surface area contributed by atoms with Crippen molar-refractivity contribution in [3.05, 3.63) is 41.0 Å². The van der Waals surface area contributed by atoms with Crippen LogP contribution in [-0.2, 0) is 0 Å². The van der Waals surface area contributed by atoms with Gasteiger partial charge in [-0.2, -0.15) is 0 Å². The highest BCUT2D eigenvalue weighted by atomic mass is 35.5. The van der Waals surface area contributed by atoms with Gasteiger partial charge in [-0.3, -0.25) is 4.79 Å². The third-order valence-corrected chi connectivity index (χ3v) is 2.92. The fourth-order valence-electron chi connectivity index (χ4n) is 1.69. The van der Waals surface area contributed by atoms with Crippen LogP contribution >= 0.6 is 11.6 Å². The van der Waals surface area contributed by atoms with Gasteiger partial charge in [0, 0.05) is 29.7 Å². The van der Waals surface area contributed by atoms with Crippen LogP contribution in [0.4, 0.5) is 0 Å². The molecule has 0 spiro atoms. The Morgan fingerprint density at radius 3 is 2.95 bits per heavy atom. The van der Waals surface area contributed by atoms with Crippen molar-refractivity contribution in [1.29, 1.82) is 0 Å². The number of aromatic nitrogens is 1. The number of carbonyl (C=O) groups excluding carboxylic acids is 1. The van der Waals surface area contributed by atoms with Crippen LogP contribution in [0, 0.1) is 0 Å². The van der Waals surface area contributed by atoms with Crippen LogP contribution in [0.25, 0.3) is 11.3 Å². The average molecular weight is 294 g/mol. The standard InChI is InChI=1S/C14H16ClN3O2/c1-2-16-6-7-17-14(19)12-9-13(20-18-12)10-4-3-5-11(15)8-10/h3-5,8-9,16H,2,6-7H2,1H3,(H,17,19). The number of nitrogens with zero attached hydrogens (tertiary/aromatic N) is 1. The Hall–Kier alpha value is -1.85. The molecular formula is C14H16ClN3O2. The van der Waals surface area contributed by atoms with E-state index >= 15 is 0 Å². The highest BCUT2D eigenvalue weighted by Gasteiger charge is 2.13. The number of halogens is 1. The molecule has 2 rings (SSSR count). The lowest BCUT2D eigenvalue weighted by Gasteiger charge is -2.02. The Kier molecular flexibility index (Phi) is 5.15. The van der Waals surface area contributed by atoms with E-state index in [0.717, 1.165) is 18.7 Å². The van der Waals surface area contributed by atoms with Crippen molar-refractivity contribution in [2.45, 2.75) is 6.92 Å². The number of amides is 1. The van der Waals surface area contributed by atoms with Gasteiger partial charge in [0.1, 0.15) is 0 Å². The van der Waals surface area contributed by atoms with Gasteiger partial charge in [-0.05, 0) is 18.7 Å². The van der Waals surface area contributed by atoms with E-state index in [-0.39, 0.29) is 11.6 Å².